The highest BCUT2D eigenvalue weighted by molar-refractivity contribution is 7.80. The summed E-state index contributed by atoms with van der Waals surface area (Å²) in [4.78, 5) is 0. The van der Waals surface area contributed by atoms with Crippen molar-refractivity contribution in [2.24, 2.45) is 0 Å². The van der Waals surface area contributed by atoms with Crippen LogP contribution in [0.3, 0.4) is 0 Å². The molecule has 23 heavy (non-hydrogen) atoms. The van der Waals surface area contributed by atoms with Crippen molar-refractivity contribution in [3.05, 3.63) is 53.6 Å². The van der Waals surface area contributed by atoms with Gasteiger partial charge in [0.1, 0.15) is 13.2 Å². The summed E-state index contributed by atoms with van der Waals surface area (Å²) in [5.41, 5.74) is 3.40. The van der Waals surface area contributed by atoms with Crippen molar-refractivity contribution in [1.29, 1.82) is 0 Å². The van der Waals surface area contributed by atoms with Gasteiger partial charge in [-0.3, -0.25) is 0 Å². The third-order valence-electron chi connectivity index (χ3n) is 3.58. The lowest BCUT2D eigenvalue weighted by Gasteiger charge is -2.19. The van der Waals surface area contributed by atoms with Crippen molar-refractivity contribution in [3.8, 4) is 11.5 Å². The molecular formula is C18H20N2O2S. The molecule has 5 heteroatoms. The summed E-state index contributed by atoms with van der Waals surface area (Å²) in [6.07, 6.45) is 0.867. The summed E-state index contributed by atoms with van der Waals surface area (Å²) < 4.78 is 11.1. The zero-order valence-corrected chi connectivity index (χ0v) is 13.9. The Morgan fingerprint density at radius 2 is 1.91 bits per heavy atom. The molecular weight excluding hydrogens is 308 g/mol. The number of nitrogens with one attached hydrogen (secondary N) is 2. The van der Waals surface area contributed by atoms with Crippen LogP contribution in [0.5, 0.6) is 11.5 Å². The molecule has 0 saturated carbocycles. The first-order valence-corrected chi connectivity index (χ1v) is 8.11. The molecule has 0 bridgehead atoms. The third-order valence-corrected chi connectivity index (χ3v) is 3.83. The summed E-state index contributed by atoms with van der Waals surface area (Å²) in [6.45, 7) is 4.05. The Morgan fingerprint density at radius 1 is 1.09 bits per heavy atom. The number of rotatable bonds is 4. The minimum atomic E-state index is 0.610. The van der Waals surface area contributed by atoms with Gasteiger partial charge >= 0.3 is 0 Å². The minimum absolute atomic E-state index is 0.610. The lowest BCUT2D eigenvalue weighted by atomic mass is 10.1. The van der Waals surface area contributed by atoms with Gasteiger partial charge in [-0.2, -0.15) is 0 Å². The maximum absolute atomic E-state index is 5.60. The van der Waals surface area contributed by atoms with Crippen LogP contribution in [0.25, 0.3) is 0 Å². The fourth-order valence-corrected chi connectivity index (χ4v) is 2.68. The number of benzene rings is 2. The molecule has 0 aromatic heterocycles. The first kappa shape index (κ1) is 15.6. The first-order chi connectivity index (χ1) is 11.2. The third kappa shape index (κ3) is 4.36. The van der Waals surface area contributed by atoms with Gasteiger partial charge in [-0.05, 0) is 61.0 Å². The van der Waals surface area contributed by atoms with Gasteiger partial charge in [0, 0.05) is 12.2 Å². The highest BCUT2D eigenvalue weighted by Gasteiger charge is 2.11. The zero-order valence-electron chi connectivity index (χ0n) is 13.1. The second-order valence-electron chi connectivity index (χ2n) is 5.48. The molecule has 0 radical (unpaired) electrons. The van der Waals surface area contributed by atoms with Crippen LogP contribution in [0.1, 0.15) is 11.1 Å². The van der Waals surface area contributed by atoms with Gasteiger partial charge in [0.25, 0.3) is 0 Å². The molecule has 0 spiro atoms. The van der Waals surface area contributed by atoms with Crippen LogP contribution in [-0.4, -0.2) is 24.9 Å². The minimum Gasteiger partial charge on any atom is -0.486 e. The standard InChI is InChI=1S/C18H20N2O2S/c1-13-3-2-4-15(11-13)20-18(23)19-8-7-14-5-6-16-17(12-14)22-10-9-21-16/h2-6,11-12H,7-10H2,1H3,(H2,19,20,23). The quantitative estimate of drug-likeness (QED) is 0.843. The highest BCUT2D eigenvalue weighted by atomic mass is 32.1. The van der Waals surface area contributed by atoms with Crippen LogP contribution in [0, 0.1) is 6.92 Å². The van der Waals surface area contributed by atoms with Crippen molar-refractivity contribution in [2.75, 3.05) is 25.1 Å². The molecule has 0 saturated heterocycles. The number of hydrogen-bond acceptors (Lipinski definition) is 3. The fourth-order valence-electron chi connectivity index (χ4n) is 2.46. The SMILES string of the molecule is Cc1cccc(NC(=S)NCCc2ccc3c(c2)OCCO3)c1. The van der Waals surface area contributed by atoms with E-state index < -0.39 is 0 Å². The Balaban J connectivity index is 1.48. The molecule has 4 nitrogen and oxygen atoms in total. The van der Waals surface area contributed by atoms with E-state index in [9.17, 15) is 0 Å². The van der Waals surface area contributed by atoms with Crippen LogP contribution in [-0.2, 0) is 6.42 Å². The van der Waals surface area contributed by atoms with Gasteiger partial charge in [-0.25, -0.2) is 0 Å². The summed E-state index contributed by atoms with van der Waals surface area (Å²) in [5.74, 6) is 1.65. The predicted octanol–water partition coefficient (Wildman–Crippen LogP) is 3.30. The normalized spacial score (nSPS) is 12.6. The molecule has 0 unspecified atom stereocenters. The number of ether oxygens (including phenoxy) is 2. The number of aryl methyl sites for hydroxylation is 1. The predicted molar refractivity (Wildman–Crippen MR) is 96.5 cm³/mol. The summed E-state index contributed by atoms with van der Waals surface area (Å²) in [6, 6.07) is 14.2. The molecule has 2 aromatic rings. The summed E-state index contributed by atoms with van der Waals surface area (Å²) in [5, 5.41) is 7.05. The molecule has 1 aliphatic heterocycles. The molecule has 0 aliphatic carbocycles. The Morgan fingerprint density at radius 3 is 2.74 bits per heavy atom. The second-order valence-corrected chi connectivity index (χ2v) is 5.89. The molecule has 2 aromatic carbocycles. The highest BCUT2D eigenvalue weighted by Crippen LogP contribution is 2.30. The zero-order chi connectivity index (χ0) is 16.1. The van der Waals surface area contributed by atoms with Crippen LogP contribution >= 0.6 is 12.2 Å². The topological polar surface area (TPSA) is 42.5 Å². The van der Waals surface area contributed by atoms with Crippen LogP contribution in [0.15, 0.2) is 42.5 Å². The van der Waals surface area contributed by atoms with E-state index in [1.54, 1.807) is 0 Å². The van der Waals surface area contributed by atoms with E-state index in [1.807, 2.05) is 24.3 Å². The summed E-state index contributed by atoms with van der Waals surface area (Å²) >= 11 is 5.33. The lowest BCUT2D eigenvalue weighted by Crippen LogP contribution is -2.30. The lowest BCUT2D eigenvalue weighted by molar-refractivity contribution is 0.171. The van der Waals surface area contributed by atoms with Crippen molar-refractivity contribution >= 4 is 23.0 Å². The van der Waals surface area contributed by atoms with Crippen molar-refractivity contribution in [1.82, 2.24) is 5.32 Å². The van der Waals surface area contributed by atoms with E-state index in [2.05, 4.69) is 35.8 Å². The molecule has 1 aliphatic rings. The monoisotopic (exact) mass is 328 g/mol. The molecule has 120 valence electrons. The van der Waals surface area contributed by atoms with Crippen LogP contribution in [0.4, 0.5) is 5.69 Å². The van der Waals surface area contributed by atoms with E-state index in [-0.39, 0.29) is 0 Å². The smallest absolute Gasteiger partial charge is 0.170 e. The van der Waals surface area contributed by atoms with E-state index >= 15 is 0 Å². The molecule has 0 atom stereocenters. The number of anilines is 1. The van der Waals surface area contributed by atoms with E-state index in [0.29, 0.717) is 18.3 Å². The first-order valence-electron chi connectivity index (χ1n) is 7.71. The average molecular weight is 328 g/mol. The van der Waals surface area contributed by atoms with Gasteiger partial charge in [0.15, 0.2) is 16.6 Å². The molecule has 2 N–H and O–H groups in total. The van der Waals surface area contributed by atoms with Gasteiger partial charge < -0.3 is 20.1 Å². The van der Waals surface area contributed by atoms with Crippen LogP contribution in [0.2, 0.25) is 0 Å². The largest absolute Gasteiger partial charge is 0.486 e. The van der Waals surface area contributed by atoms with Crippen molar-refractivity contribution < 1.29 is 9.47 Å². The maximum atomic E-state index is 5.60. The van der Waals surface area contributed by atoms with Gasteiger partial charge in [0.05, 0.1) is 0 Å². The molecule has 1 heterocycles. The Bertz CT molecular complexity index is 703. The van der Waals surface area contributed by atoms with E-state index in [1.165, 1.54) is 11.1 Å². The average Bonchev–Trinajstić information content (AvgIpc) is 2.55. The van der Waals surface area contributed by atoms with Gasteiger partial charge in [-0.15, -0.1) is 0 Å². The Kier molecular flexibility index (Phi) is 4.98. The van der Waals surface area contributed by atoms with E-state index in [4.69, 9.17) is 21.7 Å². The molecule has 3 rings (SSSR count). The number of thiocarbonyl (C=S) groups is 1. The van der Waals surface area contributed by atoms with Gasteiger partial charge in [0.2, 0.25) is 0 Å². The van der Waals surface area contributed by atoms with Gasteiger partial charge in [-0.1, -0.05) is 18.2 Å². The van der Waals surface area contributed by atoms with Crippen molar-refractivity contribution in [2.45, 2.75) is 13.3 Å². The molecule has 0 amide bonds. The summed E-state index contributed by atoms with van der Waals surface area (Å²) in [7, 11) is 0. The second kappa shape index (κ2) is 7.33. The fraction of sp³-hybridized carbons (Fsp3) is 0.278. The number of fused-ring (bicyclic) bond motifs is 1. The Hall–Kier alpha value is -2.27. The number of hydrogen-bond donors (Lipinski definition) is 2. The molecule has 0 fully saturated rings. The Labute approximate surface area is 141 Å². The van der Waals surface area contributed by atoms with Crippen molar-refractivity contribution in [3.63, 3.8) is 0 Å². The van der Waals surface area contributed by atoms with E-state index in [0.717, 1.165) is 30.2 Å². The maximum Gasteiger partial charge on any atom is 0.170 e. The van der Waals surface area contributed by atoms with Crippen LogP contribution < -0.4 is 20.1 Å².